The molecule has 31 heavy (non-hydrogen) atoms. The summed E-state index contributed by atoms with van der Waals surface area (Å²) in [6.45, 7) is 3.27. The number of rotatable bonds is 9. The van der Waals surface area contributed by atoms with Crippen LogP contribution in [0.3, 0.4) is 0 Å². The van der Waals surface area contributed by atoms with Crippen LogP contribution in [0.15, 0.2) is 42.5 Å². The summed E-state index contributed by atoms with van der Waals surface area (Å²) < 4.78 is 10.6. The Balaban J connectivity index is 1.83. The van der Waals surface area contributed by atoms with E-state index in [0.29, 0.717) is 32.1 Å². The number of aromatic nitrogens is 1. The summed E-state index contributed by atoms with van der Waals surface area (Å²) in [5.41, 5.74) is 6.72. The molecule has 2 aromatic carbocycles. The van der Waals surface area contributed by atoms with E-state index in [2.05, 4.69) is 34.6 Å². The molecule has 0 radical (unpaired) electrons. The number of carbonyl (C=O) groups is 1. The number of hydrogen-bond donors (Lipinski definition) is 2. The summed E-state index contributed by atoms with van der Waals surface area (Å²) in [6, 6.07) is 15.3. The molecule has 3 aromatic rings. The summed E-state index contributed by atoms with van der Waals surface area (Å²) in [5, 5.41) is 4.94. The van der Waals surface area contributed by atoms with Crippen LogP contribution < -0.4 is 5.32 Å². The van der Waals surface area contributed by atoms with E-state index in [-0.39, 0.29) is 5.97 Å². The van der Waals surface area contributed by atoms with Gasteiger partial charge in [-0.3, -0.25) is 4.79 Å². The first-order valence-electron chi connectivity index (χ1n) is 11.3. The number of carbonyl (C=O) groups excluding carboxylic acids is 1. The van der Waals surface area contributed by atoms with E-state index in [4.69, 9.17) is 9.47 Å². The van der Waals surface area contributed by atoms with Gasteiger partial charge in [-0.25, -0.2) is 0 Å². The highest BCUT2D eigenvalue weighted by Crippen LogP contribution is 2.37. The number of H-pyrrole nitrogens is 1. The van der Waals surface area contributed by atoms with Crippen LogP contribution in [0, 0.1) is 0 Å². The molecule has 1 aliphatic rings. The minimum Gasteiger partial charge on any atom is -0.469 e. The molecule has 5 nitrogen and oxygen atoms in total. The van der Waals surface area contributed by atoms with Gasteiger partial charge in [-0.05, 0) is 55.0 Å². The van der Waals surface area contributed by atoms with Crippen molar-refractivity contribution in [3.8, 4) is 11.3 Å². The van der Waals surface area contributed by atoms with Crippen LogP contribution in [0.1, 0.15) is 50.2 Å². The van der Waals surface area contributed by atoms with Gasteiger partial charge in [0.1, 0.15) is 0 Å². The van der Waals surface area contributed by atoms with Crippen molar-refractivity contribution in [3.05, 3.63) is 53.6 Å². The van der Waals surface area contributed by atoms with Gasteiger partial charge in [0.15, 0.2) is 0 Å². The van der Waals surface area contributed by atoms with Crippen LogP contribution in [-0.4, -0.2) is 30.7 Å². The number of benzene rings is 2. The number of aryl methyl sites for hydroxylation is 1. The van der Waals surface area contributed by atoms with Gasteiger partial charge >= 0.3 is 5.97 Å². The fraction of sp³-hybridized carbons (Fsp3) is 0.423. The fourth-order valence-corrected chi connectivity index (χ4v) is 4.56. The minimum atomic E-state index is -0.192. The smallest absolute Gasteiger partial charge is 0.305 e. The summed E-state index contributed by atoms with van der Waals surface area (Å²) in [5.74, 6) is -0.192. The number of ether oxygens (including phenoxy) is 2. The molecule has 1 saturated carbocycles. The molecular formula is C26H32N2O3. The molecule has 0 saturated heterocycles. The van der Waals surface area contributed by atoms with Crippen molar-refractivity contribution in [2.75, 3.05) is 19.0 Å². The van der Waals surface area contributed by atoms with E-state index >= 15 is 0 Å². The molecule has 1 aliphatic carbocycles. The van der Waals surface area contributed by atoms with Gasteiger partial charge in [0.25, 0.3) is 0 Å². The number of anilines is 1. The average Bonchev–Trinajstić information content (AvgIpc) is 3.44. The quantitative estimate of drug-likeness (QED) is 0.427. The van der Waals surface area contributed by atoms with Crippen LogP contribution >= 0.6 is 0 Å². The maximum Gasteiger partial charge on any atom is 0.305 e. The number of esters is 1. The van der Waals surface area contributed by atoms with Crippen molar-refractivity contribution >= 4 is 22.6 Å². The van der Waals surface area contributed by atoms with Gasteiger partial charge in [-0.15, -0.1) is 0 Å². The van der Waals surface area contributed by atoms with Crippen LogP contribution in [-0.2, 0) is 27.3 Å². The van der Waals surface area contributed by atoms with Crippen molar-refractivity contribution in [1.29, 1.82) is 0 Å². The Morgan fingerprint density at radius 1 is 1.16 bits per heavy atom. The molecule has 0 atom stereocenters. The standard InChI is InChI=1S/C26H32N2O3/c1-3-31-17-18-15-22-21(13-14-24(29)30-2)25(19-9-5-4-6-10-19)28-26(22)23(16-18)27-20-11-7-8-12-20/h4-6,9-10,15-16,20,27-28H,3,7-8,11-14,17H2,1-2H3. The molecule has 1 aromatic heterocycles. The molecule has 1 heterocycles. The Morgan fingerprint density at radius 3 is 2.65 bits per heavy atom. The third kappa shape index (κ3) is 4.93. The van der Waals surface area contributed by atoms with Gasteiger partial charge in [0, 0.05) is 30.1 Å². The second-order valence-corrected chi connectivity index (χ2v) is 8.25. The van der Waals surface area contributed by atoms with E-state index in [1.54, 1.807) is 0 Å². The molecule has 2 N–H and O–H groups in total. The summed E-state index contributed by atoms with van der Waals surface area (Å²) in [6.07, 6.45) is 5.95. The highest BCUT2D eigenvalue weighted by molar-refractivity contribution is 5.99. The summed E-state index contributed by atoms with van der Waals surface area (Å²) in [4.78, 5) is 15.6. The van der Waals surface area contributed by atoms with Crippen LogP contribution in [0.5, 0.6) is 0 Å². The molecule has 0 aliphatic heterocycles. The summed E-state index contributed by atoms with van der Waals surface area (Å²) in [7, 11) is 1.44. The minimum absolute atomic E-state index is 0.192. The number of nitrogens with one attached hydrogen (secondary N) is 2. The Kier molecular flexibility index (Phi) is 6.92. The van der Waals surface area contributed by atoms with Crippen molar-refractivity contribution in [2.24, 2.45) is 0 Å². The van der Waals surface area contributed by atoms with E-state index < -0.39 is 0 Å². The molecular weight excluding hydrogens is 388 g/mol. The molecule has 0 unspecified atom stereocenters. The SMILES string of the molecule is CCOCc1cc(NC2CCCC2)c2[nH]c(-c3ccccc3)c(CCC(=O)OC)c2c1. The molecule has 164 valence electrons. The normalized spacial score (nSPS) is 14.3. The largest absolute Gasteiger partial charge is 0.469 e. The zero-order chi connectivity index (χ0) is 21.6. The number of methoxy groups -OCH3 is 1. The number of fused-ring (bicyclic) bond motifs is 1. The first-order valence-corrected chi connectivity index (χ1v) is 11.3. The van der Waals surface area contributed by atoms with E-state index in [1.165, 1.54) is 32.8 Å². The van der Waals surface area contributed by atoms with Gasteiger partial charge in [0.05, 0.1) is 24.9 Å². The molecule has 1 fully saturated rings. The van der Waals surface area contributed by atoms with E-state index in [1.807, 2.05) is 25.1 Å². The van der Waals surface area contributed by atoms with Gasteiger partial charge in [-0.1, -0.05) is 43.2 Å². The monoisotopic (exact) mass is 420 g/mol. The van der Waals surface area contributed by atoms with Gasteiger partial charge in [-0.2, -0.15) is 0 Å². The van der Waals surface area contributed by atoms with Crippen molar-refractivity contribution < 1.29 is 14.3 Å². The van der Waals surface area contributed by atoms with Crippen LogP contribution in [0.4, 0.5) is 5.69 Å². The highest BCUT2D eigenvalue weighted by atomic mass is 16.5. The lowest BCUT2D eigenvalue weighted by Gasteiger charge is -2.16. The third-order valence-electron chi connectivity index (χ3n) is 6.13. The molecule has 4 rings (SSSR count). The Morgan fingerprint density at radius 2 is 1.94 bits per heavy atom. The van der Waals surface area contributed by atoms with Crippen molar-refractivity contribution in [1.82, 2.24) is 4.98 Å². The average molecular weight is 421 g/mol. The second-order valence-electron chi connectivity index (χ2n) is 8.25. The molecule has 0 amide bonds. The maximum absolute atomic E-state index is 11.9. The topological polar surface area (TPSA) is 63.3 Å². The first kappa shape index (κ1) is 21.4. The van der Waals surface area contributed by atoms with E-state index in [9.17, 15) is 4.79 Å². The number of aromatic amines is 1. The lowest BCUT2D eigenvalue weighted by Crippen LogP contribution is -2.15. The molecule has 0 spiro atoms. The zero-order valence-electron chi connectivity index (χ0n) is 18.5. The second kappa shape index (κ2) is 10.0. The van der Waals surface area contributed by atoms with Gasteiger partial charge in [0.2, 0.25) is 0 Å². The lowest BCUT2D eigenvalue weighted by molar-refractivity contribution is -0.140. The first-order chi connectivity index (χ1) is 15.2. The van der Waals surface area contributed by atoms with Crippen LogP contribution in [0.2, 0.25) is 0 Å². The predicted octanol–water partition coefficient (Wildman–Crippen LogP) is 5.83. The fourth-order valence-electron chi connectivity index (χ4n) is 4.56. The Bertz CT molecular complexity index is 1020. The molecule has 0 bridgehead atoms. The highest BCUT2D eigenvalue weighted by Gasteiger charge is 2.21. The third-order valence-corrected chi connectivity index (χ3v) is 6.13. The Labute approximate surface area is 184 Å². The van der Waals surface area contributed by atoms with Gasteiger partial charge < -0.3 is 19.8 Å². The maximum atomic E-state index is 11.9. The summed E-state index contributed by atoms with van der Waals surface area (Å²) >= 11 is 0. The van der Waals surface area contributed by atoms with E-state index in [0.717, 1.165) is 39.0 Å². The van der Waals surface area contributed by atoms with Crippen molar-refractivity contribution in [2.45, 2.75) is 58.1 Å². The zero-order valence-corrected chi connectivity index (χ0v) is 18.5. The lowest BCUT2D eigenvalue weighted by atomic mass is 9.99. The van der Waals surface area contributed by atoms with Crippen LogP contribution in [0.25, 0.3) is 22.2 Å². The molecule has 5 heteroatoms. The Hall–Kier alpha value is -2.79. The van der Waals surface area contributed by atoms with Crippen molar-refractivity contribution in [3.63, 3.8) is 0 Å². The number of hydrogen-bond acceptors (Lipinski definition) is 4. The predicted molar refractivity (Wildman–Crippen MR) is 125 cm³/mol.